The minimum atomic E-state index is -0.789. The van der Waals surface area contributed by atoms with Gasteiger partial charge in [0.05, 0.1) is 0 Å². The number of allylic oxidation sites excluding steroid dienone is 14. The molecule has 0 aliphatic heterocycles. The van der Waals surface area contributed by atoms with Gasteiger partial charge in [0.25, 0.3) is 0 Å². The van der Waals surface area contributed by atoms with Crippen LogP contribution in [0.25, 0.3) is 0 Å². The summed E-state index contributed by atoms with van der Waals surface area (Å²) in [6, 6.07) is 0. The predicted molar refractivity (Wildman–Crippen MR) is 344 cm³/mol. The van der Waals surface area contributed by atoms with E-state index in [0.29, 0.717) is 19.3 Å². The van der Waals surface area contributed by atoms with Crippen LogP contribution in [0.5, 0.6) is 0 Å². The Kier molecular flexibility index (Phi) is 64.2. The molecule has 6 heteroatoms. The Balaban J connectivity index is 4.21. The molecule has 0 saturated heterocycles. The minimum absolute atomic E-state index is 0.0840. The van der Waals surface area contributed by atoms with Crippen LogP contribution < -0.4 is 0 Å². The number of carbonyl (C=O) groups is 3. The summed E-state index contributed by atoms with van der Waals surface area (Å²) in [7, 11) is 0. The van der Waals surface area contributed by atoms with Crippen molar-refractivity contribution in [2.24, 2.45) is 0 Å². The molecule has 6 nitrogen and oxygen atoms in total. The SMILES string of the molecule is CC/C=C\C/C=C\C/C=C\CCCCCCCC(=O)OC(COC(=O)CCCCCCC/C=C\CCCCCCCC)COC(=O)CCCCCCCCCCCCCCCCCC/C=C\C/C=C\C/C=C\CCCCCCC. The van der Waals surface area contributed by atoms with Crippen LogP contribution in [0.2, 0.25) is 0 Å². The van der Waals surface area contributed by atoms with Crippen molar-refractivity contribution in [3.8, 4) is 0 Å². The first kappa shape index (κ1) is 75.6. The molecule has 0 aromatic carbocycles. The van der Waals surface area contributed by atoms with Crippen LogP contribution in [-0.2, 0) is 28.6 Å². The largest absolute Gasteiger partial charge is 0.462 e. The quantitative estimate of drug-likeness (QED) is 0.0261. The van der Waals surface area contributed by atoms with Gasteiger partial charge in [0.15, 0.2) is 6.10 Å². The number of esters is 3. The first-order valence-corrected chi connectivity index (χ1v) is 34.1. The molecule has 0 aliphatic carbocycles. The molecule has 456 valence electrons. The molecule has 0 N–H and O–H groups in total. The van der Waals surface area contributed by atoms with Crippen molar-refractivity contribution in [2.75, 3.05) is 13.2 Å². The van der Waals surface area contributed by atoms with Gasteiger partial charge in [0, 0.05) is 19.3 Å². The van der Waals surface area contributed by atoms with E-state index in [4.69, 9.17) is 14.2 Å². The highest BCUT2D eigenvalue weighted by Gasteiger charge is 2.19. The second kappa shape index (κ2) is 67.1. The minimum Gasteiger partial charge on any atom is -0.462 e. The highest BCUT2D eigenvalue weighted by Crippen LogP contribution is 2.17. The molecule has 0 rings (SSSR count). The zero-order valence-electron chi connectivity index (χ0n) is 52.4. The standard InChI is InChI=1S/C73H128O6/c1-4-7-10-13-16-19-22-25-28-29-30-31-32-33-34-35-36-37-38-39-40-41-42-43-46-48-51-54-57-60-63-66-72(75)78-69-70(79-73(76)67-64-61-58-55-52-49-45-27-24-21-18-15-12-9-6-3)68-77-71(74)65-62-59-56-53-50-47-44-26-23-20-17-14-11-8-5-2/h9,12,18,21-22,25-27,29-30,32-33,44-45,70H,4-8,10-11,13-17,19-20,23-24,28,31,34-43,46-69H2,1-3H3/b12-9-,21-18-,25-22-,30-29-,33-32-,44-26-,45-27-. The number of carbonyl (C=O) groups excluding carboxylic acids is 3. The monoisotopic (exact) mass is 1100 g/mol. The zero-order chi connectivity index (χ0) is 57.1. The Morgan fingerprint density at radius 2 is 0.494 bits per heavy atom. The van der Waals surface area contributed by atoms with Gasteiger partial charge in [0.1, 0.15) is 13.2 Å². The van der Waals surface area contributed by atoms with Crippen LogP contribution in [0, 0.1) is 0 Å². The highest BCUT2D eigenvalue weighted by atomic mass is 16.6. The van der Waals surface area contributed by atoms with Gasteiger partial charge in [-0.15, -0.1) is 0 Å². The van der Waals surface area contributed by atoms with Crippen LogP contribution in [0.3, 0.4) is 0 Å². The smallest absolute Gasteiger partial charge is 0.306 e. The van der Waals surface area contributed by atoms with Crippen molar-refractivity contribution in [1.82, 2.24) is 0 Å². The molecule has 0 bridgehead atoms. The van der Waals surface area contributed by atoms with E-state index in [9.17, 15) is 14.4 Å². The lowest BCUT2D eigenvalue weighted by atomic mass is 10.0. The predicted octanol–water partition coefficient (Wildman–Crippen LogP) is 23.4. The summed E-state index contributed by atoms with van der Waals surface area (Å²) < 4.78 is 16.9. The van der Waals surface area contributed by atoms with Gasteiger partial charge in [-0.1, -0.05) is 292 Å². The average molecular weight is 1100 g/mol. The average Bonchev–Trinajstić information content (AvgIpc) is 3.45. The summed E-state index contributed by atoms with van der Waals surface area (Å²) in [5.41, 5.74) is 0. The summed E-state index contributed by atoms with van der Waals surface area (Å²) >= 11 is 0. The first-order valence-electron chi connectivity index (χ1n) is 34.1. The molecule has 0 aliphatic rings. The molecular weight excluding hydrogens is 973 g/mol. The van der Waals surface area contributed by atoms with Crippen molar-refractivity contribution in [1.29, 1.82) is 0 Å². The van der Waals surface area contributed by atoms with Crippen molar-refractivity contribution >= 4 is 17.9 Å². The van der Waals surface area contributed by atoms with Gasteiger partial charge in [-0.05, 0) is 116 Å². The molecular formula is C73H128O6. The number of rotatable bonds is 62. The molecule has 1 unspecified atom stereocenters. The lowest BCUT2D eigenvalue weighted by molar-refractivity contribution is -0.167. The van der Waals surface area contributed by atoms with Crippen LogP contribution in [0.1, 0.15) is 342 Å². The van der Waals surface area contributed by atoms with Crippen LogP contribution in [-0.4, -0.2) is 37.2 Å². The van der Waals surface area contributed by atoms with Gasteiger partial charge in [0.2, 0.25) is 0 Å². The summed E-state index contributed by atoms with van der Waals surface area (Å²) in [6.45, 7) is 6.52. The van der Waals surface area contributed by atoms with Gasteiger partial charge >= 0.3 is 17.9 Å². The molecule has 0 amide bonds. The number of hydrogen-bond acceptors (Lipinski definition) is 6. The third-order valence-corrected chi connectivity index (χ3v) is 14.9. The summed E-state index contributed by atoms with van der Waals surface area (Å²) in [4.78, 5) is 38.3. The number of unbranched alkanes of at least 4 members (excludes halogenated alkanes) is 37. The fourth-order valence-electron chi connectivity index (χ4n) is 9.76. The third kappa shape index (κ3) is 65.3. The van der Waals surface area contributed by atoms with Crippen LogP contribution in [0.15, 0.2) is 85.1 Å². The highest BCUT2D eigenvalue weighted by molar-refractivity contribution is 5.71. The van der Waals surface area contributed by atoms with Gasteiger partial charge in [-0.2, -0.15) is 0 Å². The van der Waals surface area contributed by atoms with E-state index in [1.54, 1.807) is 0 Å². The summed E-state index contributed by atoms with van der Waals surface area (Å²) in [6.07, 6.45) is 88.9. The number of hydrogen-bond donors (Lipinski definition) is 0. The van der Waals surface area contributed by atoms with E-state index in [1.807, 2.05) is 0 Å². The maximum Gasteiger partial charge on any atom is 0.306 e. The van der Waals surface area contributed by atoms with Gasteiger partial charge < -0.3 is 14.2 Å². The van der Waals surface area contributed by atoms with Crippen molar-refractivity contribution < 1.29 is 28.6 Å². The van der Waals surface area contributed by atoms with Crippen molar-refractivity contribution in [2.45, 2.75) is 348 Å². The maximum absolute atomic E-state index is 12.9. The molecule has 1 atom stereocenters. The van der Waals surface area contributed by atoms with Crippen molar-refractivity contribution in [3.63, 3.8) is 0 Å². The fourth-order valence-corrected chi connectivity index (χ4v) is 9.76. The Morgan fingerprint density at radius 1 is 0.266 bits per heavy atom. The maximum atomic E-state index is 12.9. The topological polar surface area (TPSA) is 78.9 Å². The van der Waals surface area contributed by atoms with E-state index in [-0.39, 0.29) is 31.1 Å². The first-order chi connectivity index (χ1) is 39.0. The molecule has 0 fully saturated rings. The Hall–Kier alpha value is -3.41. The van der Waals surface area contributed by atoms with Crippen molar-refractivity contribution in [3.05, 3.63) is 85.1 Å². The molecule has 0 spiro atoms. The van der Waals surface area contributed by atoms with Gasteiger partial charge in [-0.3, -0.25) is 14.4 Å². The van der Waals surface area contributed by atoms with Crippen LogP contribution in [0.4, 0.5) is 0 Å². The lowest BCUT2D eigenvalue weighted by Gasteiger charge is -2.18. The second-order valence-corrected chi connectivity index (χ2v) is 22.7. The van der Waals surface area contributed by atoms with E-state index < -0.39 is 6.10 Å². The third-order valence-electron chi connectivity index (χ3n) is 14.9. The molecule has 0 heterocycles. The van der Waals surface area contributed by atoms with E-state index in [1.165, 1.54) is 186 Å². The number of ether oxygens (including phenoxy) is 3. The van der Waals surface area contributed by atoms with Gasteiger partial charge in [-0.25, -0.2) is 0 Å². The Labute approximate surface area is 490 Å². The Morgan fingerprint density at radius 3 is 0.785 bits per heavy atom. The van der Waals surface area contributed by atoms with E-state index >= 15 is 0 Å². The normalized spacial score (nSPS) is 12.6. The van der Waals surface area contributed by atoms with E-state index in [0.717, 1.165) is 116 Å². The fraction of sp³-hybridized carbons (Fsp3) is 0.767. The zero-order valence-corrected chi connectivity index (χ0v) is 52.4. The molecule has 0 saturated carbocycles. The lowest BCUT2D eigenvalue weighted by Crippen LogP contribution is -2.30. The van der Waals surface area contributed by atoms with E-state index in [2.05, 4.69) is 106 Å². The summed E-state index contributed by atoms with van der Waals surface area (Å²) in [5.74, 6) is -0.896. The molecule has 0 aromatic heterocycles. The molecule has 0 aromatic rings. The second-order valence-electron chi connectivity index (χ2n) is 22.7. The van der Waals surface area contributed by atoms with Crippen LogP contribution >= 0.6 is 0 Å². The Bertz CT molecular complexity index is 1500. The molecule has 0 radical (unpaired) electrons. The molecule has 79 heavy (non-hydrogen) atoms. The summed E-state index contributed by atoms with van der Waals surface area (Å²) in [5, 5.41) is 0.